The summed E-state index contributed by atoms with van der Waals surface area (Å²) in [5.41, 5.74) is 1.28. The van der Waals surface area contributed by atoms with E-state index in [2.05, 4.69) is 32.2 Å². The van der Waals surface area contributed by atoms with Gasteiger partial charge in [-0.2, -0.15) is 0 Å². The van der Waals surface area contributed by atoms with Crippen molar-refractivity contribution < 1.29 is 9.47 Å². The molecule has 1 aliphatic rings. The molecule has 2 unspecified atom stereocenters. The lowest BCUT2D eigenvalue weighted by Crippen LogP contribution is -2.46. The predicted octanol–water partition coefficient (Wildman–Crippen LogP) is 2.77. The third-order valence-corrected chi connectivity index (χ3v) is 2.88. The second kappa shape index (κ2) is 5.91. The van der Waals surface area contributed by atoms with Gasteiger partial charge in [0.1, 0.15) is 6.61 Å². The van der Waals surface area contributed by atoms with Crippen LogP contribution in [0.5, 0.6) is 11.5 Å². The molecule has 2 atom stereocenters. The molecule has 1 aromatic carbocycles. The van der Waals surface area contributed by atoms with E-state index in [4.69, 9.17) is 9.47 Å². The largest absolute Gasteiger partial charge is 0.486 e. The molecule has 1 aromatic rings. The van der Waals surface area contributed by atoms with Crippen LogP contribution >= 0.6 is 0 Å². The van der Waals surface area contributed by atoms with E-state index in [1.54, 1.807) is 0 Å². The van der Waals surface area contributed by atoms with E-state index in [0.29, 0.717) is 6.61 Å². The minimum Gasteiger partial charge on any atom is -0.486 e. The van der Waals surface area contributed by atoms with Crippen molar-refractivity contribution in [1.82, 2.24) is 5.32 Å². The molecule has 18 heavy (non-hydrogen) atoms. The molecule has 2 rings (SSSR count). The van der Waals surface area contributed by atoms with Gasteiger partial charge in [-0.25, -0.2) is 0 Å². The molecule has 1 heterocycles. The molecule has 3 heteroatoms. The summed E-state index contributed by atoms with van der Waals surface area (Å²) in [6.07, 6.45) is 2.22. The van der Waals surface area contributed by atoms with Crippen LogP contribution in [-0.4, -0.2) is 25.3 Å². The van der Waals surface area contributed by atoms with Crippen molar-refractivity contribution in [2.45, 2.75) is 32.9 Å². The van der Waals surface area contributed by atoms with Crippen LogP contribution in [0.25, 0.3) is 0 Å². The first kappa shape index (κ1) is 13.0. The lowest BCUT2D eigenvalue weighted by atomic mass is 10.1. The monoisotopic (exact) mass is 247 g/mol. The van der Waals surface area contributed by atoms with E-state index < -0.39 is 0 Å². The van der Waals surface area contributed by atoms with E-state index in [1.807, 2.05) is 24.3 Å². The lowest BCUT2D eigenvalue weighted by molar-refractivity contribution is 0.0739. The Morgan fingerprint density at radius 2 is 2.11 bits per heavy atom. The summed E-state index contributed by atoms with van der Waals surface area (Å²) in [6, 6.07) is 8.00. The summed E-state index contributed by atoms with van der Waals surface area (Å²) in [4.78, 5) is 0. The molecule has 3 nitrogen and oxygen atoms in total. The summed E-state index contributed by atoms with van der Waals surface area (Å²) < 4.78 is 11.8. The van der Waals surface area contributed by atoms with Crippen LogP contribution in [-0.2, 0) is 0 Å². The average Bonchev–Trinajstić information content (AvgIpc) is 2.37. The second-order valence-corrected chi connectivity index (χ2v) is 4.74. The van der Waals surface area contributed by atoms with Crippen LogP contribution in [0.4, 0.5) is 0 Å². The van der Waals surface area contributed by atoms with Crippen molar-refractivity contribution in [3.63, 3.8) is 0 Å². The number of hydrogen-bond acceptors (Lipinski definition) is 3. The first-order valence-corrected chi connectivity index (χ1v) is 6.47. The van der Waals surface area contributed by atoms with Gasteiger partial charge in [-0.05, 0) is 32.5 Å². The van der Waals surface area contributed by atoms with E-state index in [1.165, 1.54) is 5.57 Å². The quantitative estimate of drug-likeness (QED) is 0.830. The number of benzene rings is 1. The fourth-order valence-corrected chi connectivity index (χ4v) is 2.11. The molecular formula is C15H21NO2. The molecule has 0 saturated heterocycles. The Bertz CT molecular complexity index is 424. The van der Waals surface area contributed by atoms with Gasteiger partial charge in [0, 0.05) is 0 Å². The summed E-state index contributed by atoms with van der Waals surface area (Å²) in [5.74, 6) is 1.67. The first-order chi connectivity index (χ1) is 8.70. The Balaban J connectivity index is 2.12. The average molecular weight is 247 g/mol. The highest BCUT2D eigenvalue weighted by Gasteiger charge is 2.26. The standard InChI is InChI=1S/C15H21NO2/c1-4-16-12(9-11(2)3)15-10-17-13-7-5-6-8-14(13)18-15/h5-9,12,15-16H,4,10H2,1-3H3. The Kier molecular flexibility index (Phi) is 4.26. The van der Waals surface area contributed by atoms with Crippen molar-refractivity contribution in [3.05, 3.63) is 35.9 Å². The number of fused-ring (bicyclic) bond motifs is 1. The van der Waals surface area contributed by atoms with Crippen LogP contribution < -0.4 is 14.8 Å². The number of allylic oxidation sites excluding steroid dienone is 1. The minimum atomic E-state index is 0.0229. The molecule has 1 aliphatic heterocycles. The number of hydrogen-bond donors (Lipinski definition) is 1. The minimum absolute atomic E-state index is 0.0229. The van der Waals surface area contributed by atoms with Gasteiger partial charge >= 0.3 is 0 Å². The highest BCUT2D eigenvalue weighted by atomic mass is 16.6. The number of likely N-dealkylation sites (N-methyl/N-ethyl adjacent to an activating group) is 1. The number of rotatable bonds is 4. The van der Waals surface area contributed by atoms with Crippen LogP contribution in [0.3, 0.4) is 0 Å². The zero-order valence-corrected chi connectivity index (χ0v) is 11.3. The van der Waals surface area contributed by atoms with Gasteiger partial charge in [0.2, 0.25) is 0 Å². The summed E-state index contributed by atoms with van der Waals surface area (Å²) >= 11 is 0. The van der Waals surface area contributed by atoms with Gasteiger partial charge in [0.15, 0.2) is 17.6 Å². The van der Waals surface area contributed by atoms with Crippen molar-refractivity contribution >= 4 is 0 Å². The Labute approximate surface area is 109 Å². The normalized spacial score (nSPS) is 19.2. The summed E-state index contributed by atoms with van der Waals surface area (Å²) in [7, 11) is 0. The highest BCUT2D eigenvalue weighted by molar-refractivity contribution is 5.41. The van der Waals surface area contributed by atoms with Crippen molar-refractivity contribution in [1.29, 1.82) is 0 Å². The molecule has 0 fully saturated rings. The Morgan fingerprint density at radius 1 is 1.39 bits per heavy atom. The number of ether oxygens (including phenoxy) is 2. The predicted molar refractivity (Wildman–Crippen MR) is 73.2 cm³/mol. The summed E-state index contributed by atoms with van der Waals surface area (Å²) in [6.45, 7) is 7.79. The van der Waals surface area contributed by atoms with Gasteiger partial charge in [0.25, 0.3) is 0 Å². The third-order valence-electron chi connectivity index (χ3n) is 2.88. The molecule has 0 aliphatic carbocycles. The number of para-hydroxylation sites is 2. The smallest absolute Gasteiger partial charge is 0.161 e. The molecule has 0 radical (unpaired) electrons. The molecular weight excluding hydrogens is 226 g/mol. The van der Waals surface area contributed by atoms with E-state index in [9.17, 15) is 0 Å². The van der Waals surface area contributed by atoms with Crippen molar-refractivity contribution in [2.24, 2.45) is 0 Å². The lowest BCUT2D eigenvalue weighted by Gasteiger charge is -2.31. The zero-order valence-electron chi connectivity index (χ0n) is 11.3. The van der Waals surface area contributed by atoms with E-state index in [-0.39, 0.29) is 12.1 Å². The van der Waals surface area contributed by atoms with E-state index in [0.717, 1.165) is 18.0 Å². The molecule has 0 bridgehead atoms. The van der Waals surface area contributed by atoms with Gasteiger partial charge < -0.3 is 14.8 Å². The van der Waals surface area contributed by atoms with Crippen molar-refractivity contribution in [3.8, 4) is 11.5 Å². The maximum absolute atomic E-state index is 6.02. The fraction of sp³-hybridized carbons (Fsp3) is 0.467. The fourth-order valence-electron chi connectivity index (χ4n) is 2.11. The van der Waals surface area contributed by atoms with Crippen LogP contribution in [0.15, 0.2) is 35.9 Å². The molecule has 98 valence electrons. The number of nitrogens with one attached hydrogen (secondary N) is 1. The molecule has 0 aromatic heterocycles. The first-order valence-electron chi connectivity index (χ1n) is 6.47. The van der Waals surface area contributed by atoms with Crippen molar-refractivity contribution in [2.75, 3.05) is 13.2 Å². The van der Waals surface area contributed by atoms with Crippen LogP contribution in [0.1, 0.15) is 20.8 Å². The maximum atomic E-state index is 6.02. The summed E-state index contributed by atoms with van der Waals surface area (Å²) in [5, 5.41) is 3.43. The molecule has 0 amide bonds. The van der Waals surface area contributed by atoms with Gasteiger partial charge in [-0.3, -0.25) is 0 Å². The van der Waals surface area contributed by atoms with Gasteiger partial charge in [-0.15, -0.1) is 0 Å². The molecule has 0 saturated carbocycles. The van der Waals surface area contributed by atoms with Crippen LogP contribution in [0, 0.1) is 0 Å². The highest BCUT2D eigenvalue weighted by Crippen LogP contribution is 2.31. The van der Waals surface area contributed by atoms with Gasteiger partial charge in [0.05, 0.1) is 6.04 Å². The maximum Gasteiger partial charge on any atom is 0.161 e. The van der Waals surface area contributed by atoms with Crippen LogP contribution in [0.2, 0.25) is 0 Å². The third kappa shape index (κ3) is 3.05. The zero-order chi connectivity index (χ0) is 13.0. The SMILES string of the molecule is CCNC(C=C(C)C)C1COc2ccccc2O1. The topological polar surface area (TPSA) is 30.5 Å². The molecule has 1 N–H and O–H groups in total. The van der Waals surface area contributed by atoms with Gasteiger partial charge in [-0.1, -0.05) is 30.7 Å². The second-order valence-electron chi connectivity index (χ2n) is 4.74. The van der Waals surface area contributed by atoms with E-state index >= 15 is 0 Å². The Hall–Kier alpha value is -1.48. The Morgan fingerprint density at radius 3 is 2.78 bits per heavy atom. The molecule has 0 spiro atoms.